The van der Waals surface area contributed by atoms with Crippen LogP contribution in [0, 0.1) is 6.92 Å². The number of anilines is 2. The molecule has 9 nitrogen and oxygen atoms in total. The highest BCUT2D eigenvalue weighted by Gasteiger charge is 2.25. The molecule has 2 N–H and O–H groups in total. The van der Waals surface area contributed by atoms with Crippen molar-refractivity contribution in [1.82, 2.24) is 24.2 Å². The predicted molar refractivity (Wildman–Crippen MR) is 116 cm³/mol. The van der Waals surface area contributed by atoms with E-state index in [1.54, 1.807) is 11.2 Å². The second-order valence-corrected chi connectivity index (χ2v) is 10.1. The molecule has 0 aliphatic carbocycles. The Labute approximate surface area is 172 Å². The number of rotatable bonds is 7. The Morgan fingerprint density at radius 1 is 1.10 bits per heavy atom. The van der Waals surface area contributed by atoms with Gasteiger partial charge in [0, 0.05) is 58.1 Å². The maximum absolute atomic E-state index is 12.0. The van der Waals surface area contributed by atoms with E-state index >= 15 is 0 Å². The van der Waals surface area contributed by atoms with Gasteiger partial charge in [0.2, 0.25) is 16.0 Å². The van der Waals surface area contributed by atoms with Gasteiger partial charge in [-0.15, -0.1) is 0 Å². The van der Waals surface area contributed by atoms with E-state index in [1.807, 2.05) is 6.92 Å². The van der Waals surface area contributed by atoms with Crippen LogP contribution in [0.2, 0.25) is 0 Å². The van der Waals surface area contributed by atoms with Crippen LogP contribution in [0.25, 0.3) is 11.0 Å². The van der Waals surface area contributed by atoms with Crippen LogP contribution in [-0.4, -0.2) is 90.7 Å². The molecule has 0 radical (unpaired) electrons. The summed E-state index contributed by atoms with van der Waals surface area (Å²) < 4.78 is 25.6. The second-order valence-electron chi connectivity index (χ2n) is 7.85. The molecule has 2 fully saturated rings. The smallest absolute Gasteiger partial charge is 0.229 e. The lowest BCUT2D eigenvalue weighted by Crippen LogP contribution is -2.49. The van der Waals surface area contributed by atoms with E-state index in [0.717, 1.165) is 67.8 Å². The number of H-pyrrole nitrogens is 1. The Morgan fingerprint density at radius 3 is 2.52 bits per heavy atom. The molecule has 2 aliphatic rings. The minimum atomic E-state index is -3.08. The lowest BCUT2D eigenvalue weighted by Gasteiger charge is -2.33. The average Bonchev–Trinajstić information content (AvgIpc) is 3.37. The zero-order chi connectivity index (χ0) is 20.4. The fraction of sp³-hybridized carbons (Fsp3) is 0.684. The summed E-state index contributed by atoms with van der Waals surface area (Å²) in [5.74, 6) is 1.83. The van der Waals surface area contributed by atoms with Crippen molar-refractivity contribution in [2.45, 2.75) is 26.7 Å². The second kappa shape index (κ2) is 8.45. The van der Waals surface area contributed by atoms with Gasteiger partial charge in [0.15, 0.2) is 0 Å². The van der Waals surface area contributed by atoms with Crippen LogP contribution < -0.4 is 10.2 Å². The van der Waals surface area contributed by atoms with Crippen molar-refractivity contribution in [3.8, 4) is 0 Å². The van der Waals surface area contributed by atoms with Crippen molar-refractivity contribution >= 4 is 32.8 Å². The summed E-state index contributed by atoms with van der Waals surface area (Å²) in [6.07, 6.45) is 2.38. The molecule has 160 valence electrons. The topological polar surface area (TPSA) is 97.5 Å². The third kappa shape index (κ3) is 4.49. The van der Waals surface area contributed by atoms with Crippen molar-refractivity contribution in [2.24, 2.45) is 0 Å². The predicted octanol–water partition coefficient (Wildman–Crippen LogP) is 1.25. The van der Waals surface area contributed by atoms with Gasteiger partial charge < -0.3 is 15.2 Å². The third-order valence-electron chi connectivity index (χ3n) is 5.81. The monoisotopic (exact) mass is 421 g/mol. The molecule has 2 aromatic heterocycles. The lowest BCUT2D eigenvalue weighted by molar-refractivity contribution is 0.194. The molecule has 4 rings (SSSR count). The number of aromatic amines is 1. The van der Waals surface area contributed by atoms with Crippen LogP contribution in [-0.2, 0) is 10.0 Å². The SMILES string of the molecule is CCS(=O)(=O)N1CCN(CCNc2nc(N3CCCC3)nc3[nH]c(C)cc23)CC1. The quantitative estimate of drug-likeness (QED) is 0.694. The Morgan fingerprint density at radius 2 is 1.83 bits per heavy atom. The largest absolute Gasteiger partial charge is 0.368 e. The highest BCUT2D eigenvalue weighted by Crippen LogP contribution is 2.26. The first-order chi connectivity index (χ1) is 14.0. The van der Waals surface area contributed by atoms with E-state index in [9.17, 15) is 8.42 Å². The summed E-state index contributed by atoms with van der Waals surface area (Å²) in [6.45, 7) is 10.0. The van der Waals surface area contributed by atoms with E-state index < -0.39 is 10.0 Å². The highest BCUT2D eigenvalue weighted by atomic mass is 32.2. The maximum atomic E-state index is 12.0. The third-order valence-corrected chi connectivity index (χ3v) is 7.69. The fourth-order valence-electron chi connectivity index (χ4n) is 4.07. The molecule has 4 heterocycles. The number of aryl methyl sites for hydroxylation is 1. The zero-order valence-corrected chi connectivity index (χ0v) is 18.1. The van der Waals surface area contributed by atoms with E-state index in [0.29, 0.717) is 13.1 Å². The summed E-state index contributed by atoms with van der Waals surface area (Å²) in [7, 11) is -3.08. The summed E-state index contributed by atoms with van der Waals surface area (Å²) in [6, 6.07) is 2.08. The number of piperazine rings is 1. The first kappa shape index (κ1) is 20.4. The fourth-order valence-corrected chi connectivity index (χ4v) is 5.15. The van der Waals surface area contributed by atoms with Gasteiger partial charge >= 0.3 is 0 Å². The molecule has 0 bridgehead atoms. The van der Waals surface area contributed by atoms with Crippen LogP contribution >= 0.6 is 0 Å². The van der Waals surface area contributed by atoms with Gasteiger partial charge in [-0.1, -0.05) is 0 Å². The van der Waals surface area contributed by atoms with Crippen molar-refractivity contribution in [1.29, 1.82) is 0 Å². The number of nitrogens with one attached hydrogen (secondary N) is 2. The molecule has 2 aromatic rings. The van der Waals surface area contributed by atoms with Gasteiger partial charge in [-0.3, -0.25) is 4.90 Å². The zero-order valence-electron chi connectivity index (χ0n) is 17.3. The molecule has 29 heavy (non-hydrogen) atoms. The maximum Gasteiger partial charge on any atom is 0.229 e. The molecule has 2 aliphatic heterocycles. The Balaban J connectivity index is 1.38. The standard InChI is InChI=1S/C19H31N7O2S/c1-3-29(27,28)26-12-10-24(11-13-26)9-6-20-17-16-14-15(2)21-18(16)23-19(22-17)25-7-4-5-8-25/h14H,3-13H2,1-2H3,(H2,20,21,22,23). The summed E-state index contributed by atoms with van der Waals surface area (Å²) in [4.78, 5) is 17.4. The minimum Gasteiger partial charge on any atom is -0.368 e. The van der Waals surface area contributed by atoms with Gasteiger partial charge in [0.1, 0.15) is 11.5 Å². The van der Waals surface area contributed by atoms with Crippen molar-refractivity contribution in [2.75, 3.05) is 68.3 Å². The number of fused-ring (bicyclic) bond motifs is 1. The van der Waals surface area contributed by atoms with E-state index in [2.05, 4.69) is 26.2 Å². The lowest BCUT2D eigenvalue weighted by atomic mass is 10.3. The highest BCUT2D eigenvalue weighted by molar-refractivity contribution is 7.89. The Kier molecular flexibility index (Phi) is 5.93. The van der Waals surface area contributed by atoms with Crippen LogP contribution in [0.5, 0.6) is 0 Å². The Bertz CT molecular complexity index is 945. The van der Waals surface area contributed by atoms with Gasteiger partial charge in [-0.25, -0.2) is 8.42 Å². The van der Waals surface area contributed by atoms with Crippen LogP contribution in [0.1, 0.15) is 25.5 Å². The molecular weight excluding hydrogens is 390 g/mol. The number of nitrogens with zero attached hydrogens (tertiary/aromatic N) is 5. The normalized spacial score (nSPS) is 19.3. The number of hydrogen-bond donors (Lipinski definition) is 2. The molecule has 2 saturated heterocycles. The van der Waals surface area contributed by atoms with Gasteiger partial charge in [0.05, 0.1) is 11.1 Å². The van der Waals surface area contributed by atoms with E-state index in [-0.39, 0.29) is 5.75 Å². The van der Waals surface area contributed by atoms with E-state index in [4.69, 9.17) is 9.97 Å². The van der Waals surface area contributed by atoms with Gasteiger partial charge in [-0.05, 0) is 32.8 Å². The molecule has 10 heteroatoms. The van der Waals surface area contributed by atoms with Crippen LogP contribution in [0.3, 0.4) is 0 Å². The van der Waals surface area contributed by atoms with Crippen molar-refractivity contribution < 1.29 is 8.42 Å². The van der Waals surface area contributed by atoms with Crippen LogP contribution in [0.15, 0.2) is 6.07 Å². The number of aromatic nitrogens is 3. The van der Waals surface area contributed by atoms with Crippen molar-refractivity contribution in [3.05, 3.63) is 11.8 Å². The minimum absolute atomic E-state index is 0.174. The summed E-state index contributed by atoms with van der Waals surface area (Å²) in [5.41, 5.74) is 1.95. The Hall–Kier alpha value is -1.91. The van der Waals surface area contributed by atoms with Crippen LogP contribution in [0.4, 0.5) is 11.8 Å². The molecular formula is C19H31N7O2S. The van der Waals surface area contributed by atoms with Gasteiger partial charge in [-0.2, -0.15) is 14.3 Å². The van der Waals surface area contributed by atoms with E-state index in [1.165, 1.54) is 12.8 Å². The van der Waals surface area contributed by atoms with Crippen molar-refractivity contribution in [3.63, 3.8) is 0 Å². The first-order valence-electron chi connectivity index (χ1n) is 10.5. The number of sulfonamides is 1. The number of hydrogen-bond acceptors (Lipinski definition) is 7. The first-order valence-corrected chi connectivity index (χ1v) is 12.1. The molecule has 0 saturated carbocycles. The summed E-state index contributed by atoms with van der Waals surface area (Å²) >= 11 is 0. The molecule has 0 unspecified atom stereocenters. The average molecular weight is 422 g/mol. The van der Waals surface area contributed by atoms with Gasteiger partial charge in [0.25, 0.3) is 0 Å². The molecule has 0 atom stereocenters. The molecule has 0 aromatic carbocycles. The molecule has 0 spiro atoms. The summed E-state index contributed by atoms with van der Waals surface area (Å²) in [5, 5.41) is 4.51. The molecule has 0 amide bonds.